The van der Waals surface area contributed by atoms with Crippen LogP contribution in [-0.2, 0) is 9.53 Å². The second-order valence-corrected chi connectivity index (χ2v) is 5.04. The standard InChI is InChI=1S/C11H18O3/c1-3-10(2)7-11(4-5-14-10)6-8(11)9(12)13/h8H,3-7H2,1-2H3,(H,12,13). The van der Waals surface area contributed by atoms with Gasteiger partial charge >= 0.3 is 5.97 Å². The first-order valence-electron chi connectivity index (χ1n) is 5.38. The molecule has 0 radical (unpaired) electrons. The van der Waals surface area contributed by atoms with Crippen LogP contribution in [0.4, 0.5) is 0 Å². The maximum atomic E-state index is 10.9. The molecule has 0 aromatic heterocycles. The zero-order valence-corrected chi connectivity index (χ0v) is 8.88. The van der Waals surface area contributed by atoms with Gasteiger partial charge in [0.15, 0.2) is 0 Å². The molecule has 14 heavy (non-hydrogen) atoms. The first-order valence-corrected chi connectivity index (χ1v) is 5.38. The predicted octanol–water partition coefficient (Wildman–Crippen LogP) is 2.06. The molecule has 0 aromatic rings. The van der Waals surface area contributed by atoms with E-state index in [1.165, 1.54) is 0 Å². The van der Waals surface area contributed by atoms with E-state index in [9.17, 15) is 4.79 Å². The van der Waals surface area contributed by atoms with Gasteiger partial charge in [0.05, 0.1) is 11.5 Å². The molecule has 3 atom stereocenters. The van der Waals surface area contributed by atoms with Gasteiger partial charge in [-0.25, -0.2) is 0 Å². The summed E-state index contributed by atoms with van der Waals surface area (Å²) in [5.41, 5.74) is -0.00269. The van der Waals surface area contributed by atoms with Gasteiger partial charge in [-0.2, -0.15) is 0 Å². The molecule has 1 saturated heterocycles. The number of carbonyl (C=O) groups is 1. The number of rotatable bonds is 2. The van der Waals surface area contributed by atoms with Gasteiger partial charge in [0, 0.05) is 6.61 Å². The lowest BCUT2D eigenvalue weighted by molar-refractivity contribution is -0.142. The van der Waals surface area contributed by atoms with Crippen LogP contribution in [0.25, 0.3) is 0 Å². The fourth-order valence-corrected chi connectivity index (χ4v) is 2.78. The first kappa shape index (κ1) is 9.97. The second-order valence-electron chi connectivity index (χ2n) is 5.04. The minimum Gasteiger partial charge on any atom is -0.481 e. The number of hydrogen-bond acceptors (Lipinski definition) is 2. The van der Waals surface area contributed by atoms with Gasteiger partial charge in [-0.15, -0.1) is 0 Å². The number of hydrogen-bond donors (Lipinski definition) is 1. The number of ether oxygens (including phenoxy) is 1. The summed E-state index contributed by atoms with van der Waals surface area (Å²) in [6.45, 7) is 4.94. The van der Waals surface area contributed by atoms with Gasteiger partial charge in [-0.05, 0) is 38.0 Å². The summed E-state index contributed by atoms with van der Waals surface area (Å²) in [5, 5.41) is 8.97. The summed E-state index contributed by atoms with van der Waals surface area (Å²) in [6, 6.07) is 0. The normalized spacial score (nSPS) is 46.6. The zero-order valence-electron chi connectivity index (χ0n) is 8.88. The third-order valence-electron chi connectivity index (χ3n) is 4.01. The molecular weight excluding hydrogens is 180 g/mol. The van der Waals surface area contributed by atoms with E-state index in [0.717, 1.165) is 32.3 Å². The van der Waals surface area contributed by atoms with Crippen molar-refractivity contribution in [2.75, 3.05) is 6.61 Å². The second kappa shape index (κ2) is 2.96. The highest BCUT2D eigenvalue weighted by Crippen LogP contribution is 2.62. The minimum absolute atomic E-state index is 0.0782. The van der Waals surface area contributed by atoms with Crippen LogP contribution in [0, 0.1) is 11.3 Å². The molecule has 2 rings (SSSR count). The van der Waals surface area contributed by atoms with E-state index in [4.69, 9.17) is 9.84 Å². The first-order chi connectivity index (χ1) is 6.51. The van der Waals surface area contributed by atoms with Crippen molar-refractivity contribution in [3.8, 4) is 0 Å². The molecule has 1 heterocycles. The SMILES string of the molecule is CCC1(C)CC2(CCO1)CC2C(=O)O. The van der Waals surface area contributed by atoms with Crippen LogP contribution in [0.15, 0.2) is 0 Å². The van der Waals surface area contributed by atoms with E-state index in [-0.39, 0.29) is 16.9 Å². The molecule has 0 bridgehead atoms. The third-order valence-corrected chi connectivity index (χ3v) is 4.01. The van der Waals surface area contributed by atoms with Crippen LogP contribution in [-0.4, -0.2) is 23.3 Å². The van der Waals surface area contributed by atoms with Crippen molar-refractivity contribution >= 4 is 5.97 Å². The Hall–Kier alpha value is -0.570. The van der Waals surface area contributed by atoms with Crippen molar-refractivity contribution in [2.24, 2.45) is 11.3 Å². The molecule has 1 saturated carbocycles. The summed E-state index contributed by atoms with van der Waals surface area (Å²) >= 11 is 0. The van der Waals surface area contributed by atoms with Crippen molar-refractivity contribution in [3.63, 3.8) is 0 Å². The largest absolute Gasteiger partial charge is 0.481 e. The molecule has 2 aliphatic rings. The summed E-state index contributed by atoms with van der Waals surface area (Å²) in [4.78, 5) is 10.9. The topological polar surface area (TPSA) is 46.5 Å². The van der Waals surface area contributed by atoms with Crippen LogP contribution < -0.4 is 0 Å². The molecule has 3 unspecified atom stereocenters. The Morgan fingerprint density at radius 1 is 1.64 bits per heavy atom. The molecule has 1 aliphatic heterocycles. The molecule has 0 amide bonds. The van der Waals surface area contributed by atoms with E-state index < -0.39 is 5.97 Å². The van der Waals surface area contributed by atoms with Crippen molar-refractivity contribution < 1.29 is 14.6 Å². The fourth-order valence-electron chi connectivity index (χ4n) is 2.78. The van der Waals surface area contributed by atoms with Crippen molar-refractivity contribution in [3.05, 3.63) is 0 Å². The molecule has 3 heteroatoms. The molecule has 1 spiro atoms. The molecular formula is C11H18O3. The van der Waals surface area contributed by atoms with E-state index in [2.05, 4.69) is 13.8 Å². The molecule has 3 nitrogen and oxygen atoms in total. The van der Waals surface area contributed by atoms with E-state index in [0.29, 0.717) is 0 Å². The van der Waals surface area contributed by atoms with Crippen LogP contribution in [0.5, 0.6) is 0 Å². The Balaban J connectivity index is 2.06. The van der Waals surface area contributed by atoms with E-state index >= 15 is 0 Å². The lowest BCUT2D eigenvalue weighted by Crippen LogP contribution is -2.38. The van der Waals surface area contributed by atoms with Gasteiger partial charge < -0.3 is 9.84 Å². The highest BCUT2D eigenvalue weighted by molar-refractivity contribution is 5.74. The van der Waals surface area contributed by atoms with Gasteiger partial charge in [0.2, 0.25) is 0 Å². The average Bonchev–Trinajstić information content (AvgIpc) is 2.79. The van der Waals surface area contributed by atoms with Crippen LogP contribution in [0.1, 0.15) is 39.5 Å². The lowest BCUT2D eigenvalue weighted by Gasteiger charge is -2.38. The maximum absolute atomic E-state index is 10.9. The molecule has 2 fully saturated rings. The third kappa shape index (κ3) is 1.44. The number of carboxylic acid groups (broad SMARTS) is 1. The van der Waals surface area contributed by atoms with Crippen LogP contribution in [0.3, 0.4) is 0 Å². The maximum Gasteiger partial charge on any atom is 0.307 e. The summed E-state index contributed by atoms with van der Waals surface area (Å²) in [6.07, 6.45) is 3.69. The lowest BCUT2D eigenvalue weighted by atomic mass is 9.81. The Morgan fingerprint density at radius 3 is 2.86 bits per heavy atom. The number of carboxylic acids is 1. The average molecular weight is 198 g/mol. The van der Waals surface area contributed by atoms with Gasteiger partial charge in [0.1, 0.15) is 0 Å². The van der Waals surface area contributed by atoms with Crippen molar-refractivity contribution in [1.29, 1.82) is 0 Å². The zero-order chi connectivity index (χ0) is 10.4. The predicted molar refractivity (Wildman–Crippen MR) is 52.1 cm³/mol. The Kier molecular flexibility index (Phi) is 2.11. The highest BCUT2D eigenvalue weighted by atomic mass is 16.5. The molecule has 1 N–H and O–H groups in total. The van der Waals surface area contributed by atoms with E-state index in [1.54, 1.807) is 0 Å². The summed E-state index contributed by atoms with van der Waals surface area (Å²) in [7, 11) is 0. The van der Waals surface area contributed by atoms with Gasteiger partial charge in [-0.3, -0.25) is 4.79 Å². The van der Waals surface area contributed by atoms with Crippen molar-refractivity contribution in [2.45, 2.75) is 45.1 Å². The minimum atomic E-state index is -0.620. The van der Waals surface area contributed by atoms with Gasteiger partial charge in [0.25, 0.3) is 0 Å². The highest BCUT2D eigenvalue weighted by Gasteiger charge is 2.61. The smallest absolute Gasteiger partial charge is 0.307 e. The van der Waals surface area contributed by atoms with Crippen molar-refractivity contribution in [1.82, 2.24) is 0 Å². The quantitative estimate of drug-likeness (QED) is 0.738. The molecule has 80 valence electrons. The van der Waals surface area contributed by atoms with Gasteiger partial charge in [-0.1, -0.05) is 6.92 Å². The summed E-state index contributed by atoms with van der Waals surface area (Å²) in [5.74, 6) is -0.720. The Bertz CT molecular complexity index is 263. The fraction of sp³-hybridized carbons (Fsp3) is 0.909. The van der Waals surface area contributed by atoms with Crippen LogP contribution in [0.2, 0.25) is 0 Å². The summed E-state index contributed by atoms with van der Waals surface area (Å²) < 4.78 is 5.73. The van der Waals surface area contributed by atoms with Crippen LogP contribution >= 0.6 is 0 Å². The number of aliphatic carboxylic acids is 1. The Morgan fingerprint density at radius 2 is 2.36 bits per heavy atom. The molecule has 0 aromatic carbocycles. The Labute approximate surface area is 84.4 Å². The molecule has 1 aliphatic carbocycles. The van der Waals surface area contributed by atoms with E-state index in [1.807, 2.05) is 0 Å². The monoisotopic (exact) mass is 198 g/mol.